The van der Waals surface area contributed by atoms with Gasteiger partial charge in [-0.25, -0.2) is 4.79 Å². The molecule has 3 N–H and O–H groups in total. The predicted molar refractivity (Wildman–Crippen MR) is 73.6 cm³/mol. The number of carbonyl (C=O) groups is 1. The van der Waals surface area contributed by atoms with Crippen LogP contribution in [-0.2, 0) is 4.74 Å². The molecule has 0 unspecified atom stereocenters. The third-order valence-corrected chi connectivity index (χ3v) is 2.56. The zero-order chi connectivity index (χ0) is 14.3. The molecule has 0 saturated carbocycles. The van der Waals surface area contributed by atoms with Gasteiger partial charge in [-0.15, -0.1) is 0 Å². The minimum absolute atomic E-state index is 0.108. The Labute approximate surface area is 113 Å². The monoisotopic (exact) mass is 267 g/mol. The van der Waals surface area contributed by atoms with Crippen molar-refractivity contribution in [2.45, 2.75) is 20.3 Å². The van der Waals surface area contributed by atoms with Crippen molar-refractivity contribution < 1.29 is 19.4 Å². The predicted octanol–water partition coefficient (Wildman–Crippen LogP) is 2.41. The van der Waals surface area contributed by atoms with Crippen molar-refractivity contribution in [2.75, 3.05) is 25.6 Å². The van der Waals surface area contributed by atoms with E-state index in [0.717, 1.165) is 6.42 Å². The molecule has 106 valence electrons. The lowest BCUT2D eigenvalue weighted by Crippen LogP contribution is -2.11. The Kier molecular flexibility index (Phi) is 6.15. The van der Waals surface area contributed by atoms with Crippen LogP contribution in [0.25, 0.3) is 0 Å². The highest BCUT2D eigenvalue weighted by Gasteiger charge is 2.11. The fourth-order valence-corrected chi connectivity index (χ4v) is 1.47. The molecule has 5 heteroatoms. The molecule has 0 fully saturated rings. The van der Waals surface area contributed by atoms with Crippen molar-refractivity contribution in [1.29, 1.82) is 0 Å². The fourth-order valence-electron chi connectivity index (χ4n) is 1.47. The molecule has 0 aliphatic rings. The Balaban J connectivity index is 2.40. The molecule has 0 aliphatic heterocycles. The number of nitrogens with two attached hydrogens (primary N) is 1. The number of rotatable bonds is 8. The van der Waals surface area contributed by atoms with Crippen molar-refractivity contribution >= 4 is 11.7 Å². The highest BCUT2D eigenvalue weighted by atomic mass is 16.5. The first kappa shape index (κ1) is 15.3. The summed E-state index contributed by atoms with van der Waals surface area (Å²) in [6.07, 6.45) is 0.999. The quantitative estimate of drug-likeness (QED) is 0.558. The maximum atomic E-state index is 11.0. The van der Waals surface area contributed by atoms with Crippen LogP contribution >= 0.6 is 0 Å². The maximum absolute atomic E-state index is 11.0. The Bertz CT molecular complexity index is 418. The Morgan fingerprint density at radius 2 is 2.05 bits per heavy atom. The summed E-state index contributed by atoms with van der Waals surface area (Å²) < 4.78 is 10.8. The van der Waals surface area contributed by atoms with Crippen molar-refractivity contribution in [3.8, 4) is 5.75 Å². The van der Waals surface area contributed by atoms with Crippen molar-refractivity contribution in [2.24, 2.45) is 5.92 Å². The van der Waals surface area contributed by atoms with Gasteiger partial charge in [-0.05, 0) is 24.5 Å². The van der Waals surface area contributed by atoms with Crippen LogP contribution in [0, 0.1) is 5.92 Å². The fraction of sp³-hybridized carbons (Fsp3) is 0.500. The lowest BCUT2D eigenvalue weighted by molar-refractivity contribution is 0.0683. The molecule has 1 aromatic rings. The molecule has 0 aliphatic carbocycles. The van der Waals surface area contributed by atoms with E-state index < -0.39 is 5.97 Å². The number of benzene rings is 1. The summed E-state index contributed by atoms with van der Waals surface area (Å²) in [6.45, 7) is 5.68. The number of hydrogen-bond donors (Lipinski definition) is 2. The van der Waals surface area contributed by atoms with Crippen molar-refractivity contribution in [3.05, 3.63) is 23.8 Å². The first-order valence-corrected chi connectivity index (χ1v) is 6.34. The van der Waals surface area contributed by atoms with Crippen LogP contribution in [0.1, 0.15) is 30.6 Å². The minimum atomic E-state index is -1.03. The smallest absolute Gasteiger partial charge is 0.339 e. The van der Waals surface area contributed by atoms with Gasteiger partial charge in [-0.1, -0.05) is 13.8 Å². The van der Waals surface area contributed by atoms with E-state index in [1.165, 1.54) is 18.2 Å². The molecule has 1 aromatic carbocycles. The van der Waals surface area contributed by atoms with Gasteiger partial charge in [0.05, 0.1) is 6.61 Å². The first-order chi connectivity index (χ1) is 9.00. The highest BCUT2D eigenvalue weighted by Crippen LogP contribution is 2.21. The molecule has 0 amide bonds. The van der Waals surface area contributed by atoms with E-state index in [9.17, 15) is 4.79 Å². The molecule has 0 saturated heterocycles. The van der Waals surface area contributed by atoms with Gasteiger partial charge in [0.25, 0.3) is 0 Å². The Morgan fingerprint density at radius 1 is 1.32 bits per heavy atom. The highest BCUT2D eigenvalue weighted by molar-refractivity contribution is 5.91. The second kappa shape index (κ2) is 7.63. The van der Waals surface area contributed by atoms with Gasteiger partial charge in [-0.2, -0.15) is 0 Å². The van der Waals surface area contributed by atoms with Crippen molar-refractivity contribution in [1.82, 2.24) is 0 Å². The standard InChI is InChI=1S/C14H21NO4/c1-10(2)5-6-18-7-8-19-13-9-11(15)3-4-12(13)14(16)17/h3-4,9-10H,5-8,15H2,1-2H3,(H,16,17). The van der Waals surface area contributed by atoms with Crippen molar-refractivity contribution in [3.63, 3.8) is 0 Å². The number of hydrogen-bond acceptors (Lipinski definition) is 4. The molecule has 0 heterocycles. The normalized spacial score (nSPS) is 10.7. The number of nitrogen functional groups attached to an aromatic ring is 1. The zero-order valence-electron chi connectivity index (χ0n) is 11.4. The van der Waals surface area contributed by atoms with Crippen LogP contribution in [0.15, 0.2) is 18.2 Å². The molecule has 1 rings (SSSR count). The summed E-state index contributed by atoms with van der Waals surface area (Å²) in [5.41, 5.74) is 6.19. The largest absolute Gasteiger partial charge is 0.490 e. The number of carboxylic acids is 1. The van der Waals surface area contributed by atoms with E-state index in [4.69, 9.17) is 20.3 Å². The SMILES string of the molecule is CC(C)CCOCCOc1cc(N)ccc1C(=O)O. The van der Waals surface area contributed by atoms with Crippen LogP contribution in [0.2, 0.25) is 0 Å². The van der Waals surface area contributed by atoms with Gasteiger partial charge in [0, 0.05) is 18.4 Å². The van der Waals surface area contributed by atoms with E-state index in [-0.39, 0.29) is 11.3 Å². The second-order valence-electron chi connectivity index (χ2n) is 4.70. The molecule has 0 atom stereocenters. The summed E-state index contributed by atoms with van der Waals surface area (Å²) in [5.74, 6) is -0.149. The van der Waals surface area contributed by atoms with Gasteiger partial charge >= 0.3 is 5.97 Å². The molecular formula is C14H21NO4. The second-order valence-corrected chi connectivity index (χ2v) is 4.70. The lowest BCUT2D eigenvalue weighted by atomic mass is 10.1. The first-order valence-electron chi connectivity index (χ1n) is 6.34. The summed E-state index contributed by atoms with van der Waals surface area (Å²) in [5, 5.41) is 9.01. The van der Waals surface area contributed by atoms with E-state index in [0.29, 0.717) is 31.4 Å². The van der Waals surface area contributed by atoms with E-state index in [1.807, 2.05) is 0 Å². The summed E-state index contributed by atoms with van der Waals surface area (Å²) in [7, 11) is 0. The van der Waals surface area contributed by atoms with Gasteiger partial charge in [-0.3, -0.25) is 0 Å². The van der Waals surface area contributed by atoms with Crippen LogP contribution in [0.5, 0.6) is 5.75 Å². The summed E-state index contributed by atoms with van der Waals surface area (Å²) in [6, 6.07) is 4.49. The van der Waals surface area contributed by atoms with E-state index in [1.54, 1.807) is 0 Å². The molecule has 19 heavy (non-hydrogen) atoms. The average Bonchev–Trinajstić information content (AvgIpc) is 2.33. The van der Waals surface area contributed by atoms with Gasteiger partial charge in [0.15, 0.2) is 0 Å². The van der Waals surface area contributed by atoms with Gasteiger partial charge in [0.1, 0.15) is 17.9 Å². The maximum Gasteiger partial charge on any atom is 0.339 e. The third-order valence-electron chi connectivity index (χ3n) is 2.56. The lowest BCUT2D eigenvalue weighted by Gasteiger charge is -2.10. The molecule has 0 spiro atoms. The number of anilines is 1. The molecule has 0 radical (unpaired) electrons. The zero-order valence-corrected chi connectivity index (χ0v) is 11.4. The number of ether oxygens (including phenoxy) is 2. The van der Waals surface area contributed by atoms with Crippen LogP contribution in [-0.4, -0.2) is 30.9 Å². The van der Waals surface area contributed by atoms with E-state index >= 15 is 0 Å². The van der Waals surface area contributed by atoms with Crippen LogP contribution in [0.4, 0.5) is 5.69 Å². The average molecular weight is 267 g/mol. The number of aromatic carboxylic acids is 1. The Morgan fingerprint density at radius 3 is 2.68 bits per heavy atom. The van der Waals surface area contributed by atoms with Gasteiger partial charge < -0.3 is 20.3 Å². The molecule has 0 bridgehead atoms. The molecular weight excluding hydrogens is 246 g/mol. The number of carboxylic acid groups (broad SMARTS) is 1. The van der Waals surface area contributed by atoms with Crippen LogP contribution < -0.4 is 10.5 Å². The third kappa shape index (κ3) is 5.61. The topological polar surface area (TPSA) is 81.8 Å². The summed E-state index contributed by atoms with van der Waals surface area (Å²) in [4.78, 5) is 11.0. The summed E-state index contributed by atoms with van der Waals surface area (Å²) >= 11 is 0. The minimum Gasteiger partial charge on any atom is -0.490 e. The molecule has 5 nitrogen and oxygen atoms in total. The van der Waals surface area contributed by atoms with Gasteiger partial charge in [0.2, 0.25) is 0 Å². The van der Waals surface area contributed by atoms with E-state index in [2.05, 4.69) is 13.8 Å². The Hall–Kier alpha value is -1.75. The molecule has 0 aromatic heterocycles. The van der Waals surface area contributed by atoms with Crippen LogP contribution in [0.3, 0.4) is 0 Å².